The molecule has 1 saturated carbocycles. The molecule has 0 spiro atoms. The van der Waals surface area contributed by atoms with Crippen molar-refractivity contribution < 1.29 is 9.59 Å². The van der Waals surface area contributed by atoms with Crippen LogP contribution in [-0.2, 0) is 0 Å². The highest BCUT2D eigenvalue weighted by Gasteiger charge is 2.32. The number of pyridine rings is 1. The van der Waals surface area contributed by atoms with E-state index < -0.39 is 0 Å². The third-order valence-electron chi connectivity index (χ3n) is 3.64. The van der Waals surface area contributed by atoms with Crippen LogP contribution in [0.3, 0.4) is 0 Å². The molecule has 2 heterocycles. The number of imide groups is 1. The zero-order valence-corrected chi connectivity index (χ0v) is 11.7. The van der Waals surface area contributed by atoms with Crippen LogP contribution in [0.15, 0.2) is 11.1 Å². The molecule has 0 unspecified atom stereocenters. The van der Waals surface area contributed by atoms with Crippen molar-refractivity contribution in [2.24, 2.45) is 0 Å². The number of carbonyl (C=O) groups excluding carboxylic acids is 2. The topological polar surface area (TPSA) is 59.1 Å². The van der Waals surface area contributed by atoms with E-state index >= 15 is 0 Å². The number of amides is 2. The Kier molecular flexibility index (Phi) is 3.31. The van der Waals surface area contributed by atoms with Crippen molar-refractivity contribution in [3.8, 4) is 0 Å². The summed E-state index contributed by atoms with van der Waals surface area (Å²) in [5.41, 5.74) is 1.75. The lowest BCUT2D eigenvalue weighted by Crippen LogP contribution is -2.20. The molecule has 19 heavy (non-hydrogen) atoms. The Balaban J connectivity index is 1.94. The van der Waals surface area contributed by atoms with Crippen LogP contribution < -0.4 is 5.32 Å². The lowest BCUT2D eigenvalue weighted by atomic mass is 10.0. The van der Waals surface area contributed by atoms with E-state index in [9.17, 15) is 9.59 Å². The van der Waals surface area contributed by atoms with Crippen molar-refractivity contribution in [1.29, 1.82) is 0 Å². The molecule has 4 nitrogen and oxygen atoms in total. The molecule has 2 amide bonds. The van der Waals surface area contributed by atoms with Gasteiger partial charge in [0.25, 0.3) is 11.8 Å². The van der Waals surface area contributed by atoms with Gasteiger partial charge in [0.05, 0.1) is 11.1 Å². The summed E-state index contributed by atoms with van der Waals surface area (Å²) in [5, 5.41) is 3.61. The molecule has 0 atom stereocenters. The molecule has 0 aromatic carbocycles. The first-order valence-electron chi connectivity index (χ1n) is 6.69. The molecule has 5 heteroatoms. The van der Waals surface area contributed by atoms with Gasteiger partial charge in [0.1, 0.15) is 5.03 Å². The second kappa shape index (κ2) is 4.96. The molecule has 1 aromatic rings. The fraction of sp³-hybridized carbons (Fsp3) is 0.500. The van der Waals surface area contributed by atoms with Gasteiger partial charge in [-0.05, 0) is 25.8 Å². The lowest BCUT2D eigenvalue weighted by molar-refractivity contribution is 0.0878. The molecule has 1 aliphatic heterocycles. The minimum absolute atomic E-state index is 0.295. The molecule has 100 valence electrons. The fourth-order valence-electron chi connectivity index (χ4n) is 2.70. The highest BCUT2D eigenvalue weighted by atomic mass is 32.2. The summed E-state index contributed by atoms with van der Waals surface area (Å²) in [6, 6.07) is 1.69. The van der Waals surface area contributed by atoms with Gasteiger partial charge in [-0.2, -0.15) is 0 Å². The summed E-state index contributed by atoms with van der Waals surface area (Å²) in [5.74, 6) is -0.596. The van der Waals surface area contributed by atoms with Crippen molar-refractivity contribution in [1.82, 2.24) is 10.3 Å². The number of nitrogens with one attached hydrogen (secondary N) is 1. The average molecular weight is 276 g/mol. The van der Waals surface area contributed by atoms with Gasteiger partial charge < -0.3 is 0 Å². The largest absolute Gasteiger partial charge is 0.288 e. The lowest BCUT2D eigenvalue weighted by Gasteiger charge is -2.21. The van der Waals surface area contributed by atoms with Gasteiger partial charge in [0.15, 0.2) is 0 Å². The Labute approximate surface area is 116 Å². The van der Waals surface area contributed by atoms with Gasteiger partial charge in [-0.15, -0.1) is 11.8 Å². The molecule has 0 radical (unpaired) electrons. The van der Waals surface area contributed by atoms with E-state index in [2.05, 4.69) is 10.3 Å². The van der Waals surface area contributed by atoms with Crippen LogP contribution in [0.4, 0.5) is 0 Å². The van der Waals surface area contributed by atoms with Crippen molar-refractivity contribution in [2.75, 3.05) is 0 Å². The first-order valence-corrected chi connectivity index (χ1v) is 7.57. The molecule has 3 rings (SSSR count). The van der Waals surface area contributed by atoms with Crippen molar-refractivity contribution in [2.45, 2.75) is 49.3 Å². The minimum Gasteiger partial charge on any atom is -0.288 e. The number of fused-ring (bicyclic) bond motifs is 1. The number of aromatic nitrogens is 1. The summed E-state index contributed by atoms with van der Waals surface area (Å²) in [7, 11) is 0. The van der Waals surface area contributed by atoms with Crippen LogP contribution in [0.5, 0.6) is 0 Å². The first kappa shape index (κ1) is 12.7. The van der Waals surface area contributed by atoms with Crippen LogP contribution in [-0.4, -0.2) is 22.0 Å². The van der Waals surface area contributed by atoms with Crippen molar-refractivity contribution >= 4 is 23.6 Å². The van der Waals surface area contributed by atoms with Crippen molar-refractivity contribution in [3.05, 3.63) is 22.9 Å². The van der Waals surface area contributed by atoms with E-state index in [0.717, 1.165) is 10.7 Å². The highest BCUT2D eigenvalue weighted by molar-refractivity contribution is 7.99. The maximum absolute atomic E-state index is 11.9. The van der Waals surface area contributed by atoms with Gasteiger partial charge >= 0.3 is 0 Å². The molecule has 0 bridgehead atoms. The summed E-state index contributed by atoms with van der Waals surface area (Å²) in [4.78, 5) is 28.0. The van der Waals surface area contributed by atoms with Crippen LogP contribution in [0.1, 0.15) is 58.5 Å². The molecular weight excluding hydrogens is 260 g/mol. The van der Waals surface area contributed by atoms with E-state index in [0.29, 0.717) is 16.4 Å². The quantitative estimate of drug-likeness (QED) is 0.844. The Bertz CT molecular complexity index is 551. The van der Waals surface area contributed by atoms with Gasteiger partial charge in [0.2, 0.25) is 0 Å². The Hall–Kier alpha value is -1.36. The van der Waals surface area contributed by atoms with E-state index in [4.69, 9.17) is 0 Å². The van der Waals surface area contributed by atoms with Crippen LogP contribution in [0, 0.1) is 6.92 Å². The van der Waals surface area contributed by atoms with Crippen LogP contribution in [0.25, 0.3) is 0 Å². The molecule has 1 aliphatic carbocycles. The van der Waals surface area contributed by atoms with Gasteiger partial charge in [-0.25, -0.2) is 4.98 Å². The zero-order valence-electron chi connectivity index (χ0n) is 10.9. The normalized spacial score (nSPS) is 19.4. The van der Waals surface area contributed by atoms with E-state index in [1.807, 2.05) is 6.92 Å². The van der Waals surface area contributed by atoms with E-state index in [1.54, 1.807) is 17.8 Å². The Morgan fingerprint density at radius 1 is 1.21 bits per heavy atom. The van der Waals surface area contributed by atoms with Crippen LogP contribution in [0.2, 0.25) is 0 Å². The summed E-state index contributed by atoms with van der Waals surface area (Å²) >= 11 is 1.67. The summed E-state index contributed by atoms with van der Waals surface area (Å²) in [6.07, 6.45) is 6.14. The molecule has 1 N–H and O–H groups in total. The molecule has 1 fully saturated rings. The number of hydrogen-bond donors (Lipinski definition) is 1. The van der Waals surface area contributed by atoms with Crippen molar-refractivity contribution in [3.63, 3.8) is 0 Å². The number of thioether (sulfide) groups is 1. The number of nitrogens with zero attached hydrogens (tertiary/aromatic N) is 1. The molecule has 2 aliphatic rings. The van der Waals surface area contributed by atoms with E-state index in [-0.39, 0.29) is 11.8 Å². The summed E-state index contributed by atoms with van der Waals surface area (Å²) in [6.45, 7) is 1.86. The average Bonchev–Trinajstić information content (AvgIpc) is 2.66. The Morgan fingerprint density at radius 3 is 2.68 bits per heavy atom. The maximum atomic E-state index is 11.9. The molecule has 1 aromatic heterocycles. The third kappa shape index (κ3) is 2.39. The number of rotatable bonds is 2. The van der Waals surface area contributed by atoms with Gasteiger partial charge in [-0.3, -0.25) is 14.9 Å². The summed E-state index contributed by atoms with van der Waals surface area (Å²) < 4.78 is 0. The fourth-order valence-corrected chi connectivity index (χ4v) is 4.10. The number of carbonyl (C=O) groups is 2. The smallest absolute Gasteiger partial charge is 0.261 e. The molecule has 0 saturated heterocycles. The predicted molar refractivity (Wildman–Crippen MR) is 73.5 cm³/mol. The predicted octanol–water partition coefficient (Wildman–Crippen LogP) is 2.70. The standard InChI is InChI=1S/C14H16N2O2S/c1-8-7-10-11(13(18)16-12(10)17)14(15-8)19-9-5-3-2-4-6-9/h7,9H,2-6H2,1H3,(H,16,17,18). The monoisotopic (exact) mass is 276 g/mol. The van der Waals surface area contributed by atoms with Gasteiger partial charge in [-0.1, -0.05) is 19.3 Å². The van der Waals surface area contributed by atoms with Gasteiger partial charge in [0, 0.05) is 10.9 Å². The Morgan fingerprint density at radius 2 is 1.95 bits per heavy atom. The number of hydrogen-bond acceptors (Lipinski definition) is 4. The SMILES string of the molecule is Cc1cc2c(c(SC3CCCCC3)n1)C(=O)NC2=O. The molecular formula is C14H16N2O2S. The van der Waals surface area contributed by atoms with E-state index in [1.165, 1.54) is 32.1 Å². The maximum Gasteiger partial charge on any atom is 0.261 e. The third-order valence-corrected chi connectivity index (χ3v) is 4.97. The first-order chi connectivity index (χ1) is 9.15. The number of aryl methyl sites for hydroxylation is 1. The minimum atomic E-state index is -0.300. The second-order valence-corrected chi connectivity index (χ2v) is 6.44. The zero-order chi connectivity index (χ0) is 13.4. The van der Waals surface area contributed by atoms with Crippen LogP contribution >= 0.6 is 11.8 Å². The second-order valence-electron chi connectivity index (χ2n) is 5.15. The highest BCUT2D eigenvalue weighted by Crippen LogP contribution is 2.36.